The fourth-order valence-electron chi connectivity index (χ4n) is 5.28. The van der Waals surface area contributed by atoms with E-state index >= 15 is 0 Å². The zero-order chi connectivity index (χ0) is 23.9. The number of hydrogen-bond acceptors (Lipinski definition) is 3. The van der Waals surface area contributed by atoms with E-state index in [1.165, 1.54) is 10.8 Å². The molecule has 0 unspecified atom stereocenters. The molecule has 1 fully saturated rings. The lowest BCUT2D eigenvalue weighted by atomic mass is 9.78. The van der Waals surface area contributed by atoms with Crippen molar-refractivity contribution in [3.8, 4) is 5.69 Å². The monoisotopic (exact) mass is 459 g/mol. The van der Waals surface area contributed by atoms with Gasteiger partial charge in [0.1, 0.15) is 5.58 Å². The molecule has 0 spiro atoms. The van der Waals surface area contributed by atoms with Crippen molar-refractivity contribution in [3.05, 3.63) is 84.9 Å². The van der Waals surface area contributed by atoms with Crippen LogP contribution in [0.25, 0.3) is 49.4 Å². The molecule has 0 N–H and O–H groups in total. The molecule has 0 atom stereocenters. The summed E-state index contributed by atoms with van der Waals surface area (Å²) in [5, 5.41) is 4.61. The second kappa shape index (κ2) is 7.00. The third kappa shape index (κ3) is 2.89. The van der Waals surface area contributed by atoms with Crippen LogP contribution in [0.3, 0.4) is 0 Å². The van der Waals surface area contributed by atoms with Gasteiger partial charge < -0.3 is 18.3 Å². The molecule has 0 amide bonds. The van der Waals surface area contributed by atoms with Gasteiger partial charge in [-0.3, -0.25) is 0 Å². The number of benzene rings is 4. The smallest absolute Gasteiger partial charge is 0.454 e. The van der Waals surface area contributed by atoms with Crippen molar-refractivity contribution in [1.29, 1.82) is 0 Å². The maximum absolute atomic E-state index is 6.40. The maximum Gasteiger partial charge on any atom is 0.494 e. The lowest BCUT2D eigenvalue weighted by Gasteiger charge is -2.32. The molecule has 4 nitrogen and oxygen atoms in total. The Morgan fingerprint density at radius 2 is 1.29 bits per heavy atom. The summed E-state index contributed by atoms with van der Waals surface area (Å²) in [6, 6.07) is 29.7. The SMILES string of the molecule is CC1(C)OB(c2ccc3c(c2)c2ccccc2n3-c2cccc3c2oc2ccccc23)OC1(C)C. The number of rotatable bonds is 2. The number of aromatic nitrogens is 1. The Kier molecular flexibility index (Phi) is 4.16. The van der Waals surface area contributed by atoms with Gasteiger partial charge >= 0.3 is 7.12 Å². The van der Waals surface area contributed by atoms with Crippen LogP contribution in [0.5, 0.6) is 0 Å². The minimum absolute atomic E-state index is 0.377. The van der Waals surface area contributed by atoms with Crippen LogP contribution < -0.4 is 5.46 Å². The van der Waals surface area contributed by atoms with Gasteiger partial charge in [-0.05, 0) is 57.4 Å². The highest BCUT2D eigenvalue weighted by Gasteiger charge is 2.51. The Balaban J connectivity index is 1.48. The summed E-state index contributed by atoms with van der Waals surface area (Å²) in [6.45, 7) is 8.35. The number of nitrogens with zero attached hydrogens (tertiary/aromatic N) is 1. The Bertz CT molecular complexity index is 1760. The van der Waals surface area contributed by atoms with Crippen LogP contribution in [0.4, 0.5) is 0 Å². The van der Waals surface area contributed by atoms with Crippen LogP contribution >= 0.6 is 0 Å². The molecule has 4 aromatic carbocycles. The Morgan fingerprint density at radius 3 is 2.09 bits per heavy atom. The topological polar surface area (TPSA) is 36.5 Å². The molecule has 1 aliphatic heterocycles. The van der Waals surface area contributed by atoms with E-state index in [0.29, 0.717) is 0 Å². The summed E-state index contributed by atoms with van der Waals surface area (Å²) in [5.74, 6) is 0. The van der Waals surface area contributed by atoms with Crippen molar-refractivity contribution in [2.75, 3.05) is 0 Å². The molecule has 2 aromatic heterocycles. The van der Waals surface area contributed by atoms with Gasteiger partial charge in [0.15, 0.2) is 5.58 Å². The van der Waals surface area contributed by atoms with Crippen molar-refractivity contribution in [2.45, 2.75) is 38.9 Å². The second-order valence-corrected chi connectivity index (χ2v) is 10.5. The van der Waals surface area contributed by atoms with Crippen molar-refractivity contribution >= 4 is 56.3 Å². The lowest BCUT2D eigenvalue weighted by molar-refractivity contribution is 0.00578. The van der Waals surface area contributed by atoms with Crippen LogP contribution in [0.15, 0.2) is 89.3 Å². The van der Waals surface area contributed by atoms with Crippen molar-refractivity contribution < 1.29 is 13.7 Å². The van der Waals surface area contributed by atoms with Crippen LogP contribution in [0.2, 0.25) is 0 Å². The minimum atomic E-state index is -0.398. The Labute approximate surface area is 204 Å². The fraction of sp³-hybridized carbons (Fsp3) is 0.200. The number of fused-ring (bicyclic) bond motifs is 6. The molecule has 5 heteroatoms. The third-order valence-corrected chi connectivity index (χ3v) is 7.85. The Morgan fingerprint density at radius 1 is 0.629 bits per heavy atom. The van der Waals surface area contributed by atoms with Crippen LogP contribution in [-0.4, -0.2) is 22.9 Å². The molecule has 1 saturated heterocycles. The van der Waals surface area contributed by atoms with Gasteiger partial charge in [-0.2, -0.15) is 0 Å². The molecule has 172 valence electrons. The van der Waals surface area contributed by atoms with E-state index in [1.54, 1.807) is 0 Å². The van der Waals surface area contributed by atoms with Gasteiger partial charge in [0, 0.05) is 21.5 Å². The third-order valence-electron chi connectivity index (χ3n) is 7.85. The molecule has 0 saturated carbocycles. The summed E-state index contributed by atoms with van der Waals surface area (Å²) in [5.41, 5.74) is 5.37. The number of hydrogen-bond donors (Lipinski definition) is 0. The van der Waals surface area contributed by atoms with Crippen LogP contribution in [0.1, 0.15) is 27.7 Å². The summed E-state index contributed by atoms with van der Waals surface area (Å²) < 4.78 is 21.4. The van der Waals surface area contributed by atoms with E-state index in [-0.39, 0.29) is 11.2 Å². The summed E-state index contributed by atoms with van der Waals surface area (Å²) >= 11 is 0. The highest BCUT2D eigenvalue weighted by Crippen LogP contribution is 2.39. The summed E-state index contributed by atoms with van der Waals surface area (Å²) in [7, 11) is -0.398. The van der Waals surface area contributed by atoms with Gasteiger partial charge in [-0.15, -0.1) is 0 Å². The average molecular weight is 459 g/mol. The van der Waals surface area contributed by atoms with Crippen molar-refractivity contribution in [2.24, 2.45) is 0 Å². The first-order valence-electron chi connectivity index (χ1n) is 12.1. The van der Waals surface area contributed by atoms with Crippen LogP contribution in [0, 0.1) is 0 Å². The van der Waals surface area contributed by atoms with Crippen LogP contribution in [-0.2, 0) is 9.31 Å². The van der Waals surface area contributed by atoms with E-state index in [9.17, 15) is 0 Å². The maximum atomic E-state index is 6.40. The van der Waals surface area contributed by atoms with Gasteiger partial charge in [0.2, 0.25) is 0 Å². The van der Waals surface area contributed by atoms with Gasteiger partial charge in [0.25, 0.3) is 0 Å². The first-order valence-corrected chi connectivity index (χ1v) is 12.1. The van der Waals surface area contributed by atoms with E-state index in [0.717, 1.165) is 44.1 Å². The van der Waals surface area contributed by atoms with Crippen molar-refractivity contribution in [1.82, 2.24) is 4.57 Å². The molecule has 35 heavy (non-hydrogen) atoms. The zero-order valence-corrected chi connectivity index (χ0v) is 20.3. The minimum Gasteiger partial charge on any atom is -0.454 e. The normalized spacial score (nSPS) is 17.3. The lowest BCUT2D eigenvalue weighted by Crippen LogP contribution is -2.41. The number of furan rings is 1. The molecular weight excluding hydrogens is 433 g/mol. The largest absolute Gasteiger partial charge is 0.494 e. The number of para-hydroxylation sites is 3. The molecule has 7 rings (SSSR count). The molecule has 0 aliphatic carbocycles. The summed E-state index contributed by atoms with van der Waals surface area (Å²) in [4.78, 5) is 0. The predicted octanol–water partition coefficient (Wildman–Crippen LogP) is 6.98. The Hall–Kier alpha value is -3.54. The van der Waals surface area contributed by atoms with Gasteiger partial charge in [-0.1, -0.05) is 60.7 Å². The molecular formula is C30H26BNO3. The fourth-order valence-corrected chi connectivity index (χ4v) is 5.28. The standard InChI is InChI=1S/C30H26BNO3/c1-29(2)30(3,4)35-31(34-29)19-16-17-25-23(18-19)20-10-5-7-13-24(20)32(25)26-14-9-12-22-21-11-6-8-15-27(21)33-28(22)26/h5-18H,1-4H3. The first kappa shape index (κ1) is 20.8. The van der Waals surface area contributed by atoms with E-state index in [2.05, 4.69) is 105 Å². The molecule has 0 bridgehead atoms. The molecule has 1 aliphatic rings. The van der Waals surface area contributed by atoms with E-state index < -0.39 is 7.12 Å². The highest BCUT2D eigenvalue weighted by atomic mass is 16.7. The highest BCUT2D eigenvalue weighted by molar-refractivity contribution is 6.62. The quantitative estimate of drug-likeness (QED) is 0.262. The molecule has 6 aromatic rings. The second-order valence-electron chi connectivity index (χ2n) is 10.5. The first-order chi connectivity index (χ1) is 16.8. The van der Waals surface area contributed by atoms with Crippen molar-refractivity contribution in [3.63, 3.8) is 0 Å². The van der Waals surface area contributed by atoms with Gasteiger partial charge in [0.05, 0.1) is 27.9 Å². The molecule has 3 heterocycles. The average Bonchev–Trinajstić information content (AvgIpc) is 3.45. The predicted molar refractivity (Wildman–Crippen MR) is 144 cm³/mol. The van der Waals surface area contributed by atoms with E-state index in [4.69, 9.17) is 13.7 Å². The summed E-state index contributed by atoms with van der Waals surface area (Å²) in [6.07, 6.45) is 0. The van der Waals surface area contributed by atoms with Gasteiger partial charge in [-0.25, -0.2) is 0 Å². The van der Waals surface area contributed by atoms with E-state index in [1.807, 2.05) is 12.1 Å². The zero-order valence-electron chi connectivity index (χ0n) is 20.3. The molecule has 0 radical (unpaired) electrons.